The second-order valence-corrected chi connectivity index (χ2v) is 5.72. The molecule has 1 atom stereocenters. The Morgan fingerprint density at radius 1 is 1.40 bits per heavy atom. The molecule has 0 radical (unpaired) electrons. The number of hydrogen-bond donors (Lipinski definition) is 1. The van der Waals surface area contributed by atoms with Crippen molar-refractivity contribution >= 4 is 0 Å². The Balaban J connectivity index is 1.72. The fraction of sp³-hybridized carbons (Fsp3) is 1.00. The SMILES string of the molecule is CCCC1CCN(CC2(CCN)CC2)C1. The van der Waals surface area contributed by atoms with E-state index in [1.54, 1.807) is 0 Å². The minimum absolute atomic E-state index is 0.649. The van der Waals surface area contributed by atoms with Gasteiger partial charge in [0.25, 0.3) is 0 Å². The maximum atomic E-state index is 5.69. The van der Waals surface area contributed by atoms with E-state index in [2.05, 4.69) is 11.8 Å². The van der Waals surface area contributed by atoms with Crippen molar-refractivity contribution in [2.75, 3.05) is 26.2 Å². The predicted octanol–water partition coefficient (Wildman–Crippen LogP) is 2.24. The third-order valence-corrected chi connectivity index (χ3v) is 4.26. The van der Waals surface area contributed by atoms with Crippen LogP contribution in [0.2, 0.25) is 0 Å². The van der Waals surface area contributed by atoms with Gasteiger partial charge in [0.05, 0.1) is 0 Å². The number of likely N-dealkylation sites (tertiary alicyclic amines) is 1. The van der Waals surface area contributed by atoms with E-state index < -0.39 is 0 Å². The van der Waals surface area contributed by atoms with Crippen molar-refractivity contribution in [1.29, 1.82) is 0 Å². The van der Waals surface area contributed by atoms with Gasteiger partial charge in [-0.15, -0.1) is 0 Å². The van der Waals surface area contributed by atoms with E-state index in [1.165, 1.54) is 58.2 Å². The Kier molecular flexibility index (Phi) is 3.68. The van der Waals surface area contributed by atoms with Gasteiger partial charge in [-0.25, -0.2) is 0 Å². The van der Waals surface area contributed by atoms with E-state index in [9.17, 15) is 0 Å². The van der Waals surface area contributed by atoms with Gasteiger partial charge < -0.3 is 10.6 Å². The third-order valence-electron chi connectivity index (χ3n) is 4.26. The molecule has 0 aromatic heterocycles. The Bertz CT molecular complexity index is 199. The lowest BCUT2D eigenvalue weighted by Gasteiger charge is -2.23. The zero-order valence-electron chi connectivity index (χ0n) is 10.2. The maximum absolute atomic E-state index is 5.69. The summed E-state index contributed by atoms with van der Waals surface area (Å²) in [4.78, 5) is 2.70. The Hall–Kier alpha value is -0.0800. The highest BCUT2D eigenvalue weighted by Crippen LogP contribution is 2.49. The van der Waals surface area contributed by atoms with E-state index >= 15 is 0 Å². The monoisotopic (exact) mass is 210 g/mol. The van der Waals surface area contributed by atoms with Gasteiger partial charge in [0.15, 0.2) is 0 Å². The molecule has 2 rings (SSSR count). The summed E-state index contributed by atoms with van der Waals surface area (Å²) < 4.78 is 0. The van der Waals surface area contributed by atoms with E-state index in [4.69, 9.17) is 5.73 Å². The summed E-state index contributed by atoms with van der Waals surface area (Å²) in [5.74, 6) is 0.990. The summed E-state index contributed by atoms with van der Waals surface area (Å²) in [6, 6.07) is 0. The van der Waals surface area contributed by atoms with Crippen LogP contribution < -0.4 is 5.73 Å². The van der Waals surface area contributed by atoms with Crippen molar-refractivity contribution in [3.8, 4) is 0 Å². The molecule has 1 heterocycles. The number of nitrogens with two attached hydrogens (primary N) is 1. The molecule has 88 valence electrons. The minimum atomic E-state index is 0.649. The van der Waals surface area contributed by atoms with Crippen LogP contribution >= 0.6 is 0 Å². The highest BCUT2D eigenvalue weighted by molar-refractivity contribution is 4.96. The molecule has 1 saturated heterocycles. The molecule has 1 aliphatic heterocycles. The first-order valence-electron chi connectivity index (χ1n) is 6.70. The Morgan fingerprint density at radius 3 is 2.80 bits per heavy atom. The van der Waals surface area contributed by atoms with Crippen LogP contribution in [0.1, 0.15) is 45.4 Å². The van der Waals surface area contributed by atoms with Gasteiger partial charge in [0.1, 0.15) is 0 Å². The number of nitrogens with zero attached hydrogens (tertiary/aromatic N) is 1. The fourth-order valence-electron chi connectivity index (χ4n) is 3.14. The van der Waals surface area contributed by atoms with Crippen molar-refractivity contribution in [3.05, 3.63) is 0 Å². The molecular weight excluding hydrogens is 184 g/mol. The highest BCUT2D eigenvalue weighted by atomic mass is 15.2. The molecule has 1 aliphatic carbocycles. The van der Waals surface area contributed by atoms with Gasteiger partial charge in [-0.3, -0.25) is 0 Å². The van der Waals surface area contributed by atoms with E-state index in [1.807, 2.05) is 0 Å². The Morgan fingerprint density at radius 2 is 2.20 bits per heavy atom. The van der Waals surface area contributed by atoms with Gasteiger partial charge >= 0.3 is 0 Å². The van der Waals surface area contributed by atoms with Crippen LogP contribution in [-0.4, -0.2) is 31.1 Å². The molecule has 0 aromatic carbocycles. The molecule has 0 aromatic rings. The molecule has 0 bridgehead atoms. The fourth-order valence-corrected chi connectivity index (χ4v) is 3.14. The zero-order valence-corrected chi connectivity index (χ0v) is 10.2. The van der Waals surface area contributed by atoms with Crippen LogP contribution in [0.4, 0.5) is 0 Å². The molecule has 15 heavy (non-hydrogen) atoms. The zero-order chi connectivity index (χ0) is 10.7. The number of hydrogen-bond acceptors (Lipinski definition) is 2. The lowest BCUT2D eigenvalue weighted by molar-refractivity contribution is 0.246. The first kappa shape index (κ1) is 11.4. The second-order valence-electron chi connectivity index (χ2n) is 5.72. The first-order chi connectivity index (χ1) is 7.28. The molecule has 2 fully saturated rings. The summed E-state index contributed by atoms with van der Waals surface area (Å²) >= 11 is 0. The van der Waals surface area contributed by atoms with Crippen LogP contribution in [-0.2, 0) is 0 Å². The average Bonchev–Trinajstić information content (AvgIpc) is 2.80. The standard InChI is InChI=1S/C13H26N2/c1-2-3-12-4-9-15(10-12)11-13(5-6-13)7-8-14/h12H,2-11,14H2,1H3. The van der Waals surface area contributed by atoms with Gasteiger partial charge in [-0.2, -0.15) is 0 Å². The van der Waals surface area contributed by atoms with Crippen LogP contribution in [0.15, 0.2) is 0 Å². The minimum Gasteiger partial charge on any atom is -0.330 e. The van der Waals surface area contributed by atoms with Crippen molar-refractivity contribution < 1.29 is 0 Å². The summed E-state index contributed by atoms with van der Waals surface area (Å²) in [5.41, 5.74) is 6.33. The van der Waals surface area contributed by atoms with E-state index in [-0.39, 0.29) is 0 Å². The largest absolute Gasteiger partial charge is 0.330 e. The maximum Gasteiger partial charge on any atom is 0.00386 e. The third kappa shape index (κ3) is 2.94. The van der Waals surface area contributed by atoms with Crippen LogP contribution in [0.5, 0.6) is 0 Å². The number of rotatable bonds is 6. The van der Waals surface area contributed by atoms with Gasteiger partial charge in [-0.05, 0) is 56.5 Å². The topological polar surface area (TPSA) is 29.3 Å². The molecule has 0 amide bonds. The smallest absolute Gasteiger partial charge is 0.00386 e. The highest BCUT2D eigenvalue weighted by Gasteiger charge is 2.43. The Labute approximate surface area is 94.2 Å². The predicted molar refractivity (Wildman–Crippen MR) is 64.8 cm³/mol. The van der Waals surface area contributed by atoms with Crippen molar-refractivity contribution in [1.82, 2.24) is 4.90 Å². The van der Waals surface area contributed by atoms with Gasteiger partial charge in [0.2, 0.25) is 0 Å². The van der Waals surface area contributed by atoms with E-state index in [0.29, 0.717) is 5.41 Å². The van der Waals surface area contributed by atoms with Gasteiger partial charge in [-0.1, -0.05) is 13.3 Å². The van der Waals surface area contributed by atoms with E-state index in [0.717, 1.165) is 12.5 Å². The quantitative estimate of drug-likeness (QED) is 0.728. The van der Waals surface area contributed by atoms with Crippen molar-refractivity contribution in [2.45, 2.75) is 45.4 Å². The summed E-state index contributed by atoms with van der Waals surface area (Å²) in [6.45, 7) is 7.23. The summed E-state index contributed by atoms with van der Waals surface area (Å²) in [6.07, 6.45) is 8.33. The normalized spacial score (nSPS) is 29.6. The molecule has 2 N–H and O–H groups in total. The molecule has 1 saturated carbocycles. The molecule has 2 heteroatoms. The molecule has 0 spiro atoms. The van der Waals surface area contributed by atoms with Crippen molar-refractivity contribution in [3.63, 3.8) is 0 Å². The van der Waals surface area contributed by atoms with Gasteiger partial charge in [0, 0.05) is 13.1 Å². The summed E-state index contributed by atoms with van der Waals surface area (Å²) in [7, 11) is 0. The van der Waals surface area contributed by atoms with Crippen LogP contribution in [0, 0.1) is 11.3 Å². The van der Waals surface area contributed by atoms with Crippen molar-refractivity contribution in [2.24, 2.45) is 17.1 Å². The second kappa shape index (κ2) is 4.84. The molecule has 2 aliphatic rings. The lowest BCUT2D eigenvalue weighted by atomic mass is 10.0. The van der Waals surface area contributed by atoms with Crippen LogP contribution in [0.3, 0.4) is 0 Å². The molecule has 2 nitrogen and oxygen atoms in total. The average molecular weight is 210 g/mol. The summed E-state index contributed by atoms with van der Waals surface area (Å²) in [5, 5.41) is 0. The lowest BCUT2D eigenvalue weighted by Crippen LogP contribution is -2.29. The molecule has 1 unspecified atom stereocenters. The first-order valence-corrected chi connectivity index (χ1v) is 6.70. The van der Waals surface area contributed by atoms with Crippen LogP contribution in [0.25, 0.3) is 0 Å². The molecular formula is C13H26N2.